The van der Waals surface area contributed by atoms with Crippen LogP contribution in [0.25, 0.3) is 0 Å². The highest BCUT2D eigenvalue weighted by Crippen LogP contribution is 2.54. The lowest BCUT2D eigenvalue weighted by atomic mass is 10.2. The van der Waals surface area contributed by atoms with Crippen LogP contribution in [0.2, 0.25) is 0 Å². The Morgan fingerprint density at radius 3 is 2.71 bits per heavy atom. The van der Waals surface area contributed by atoms with E-state index in [9.17, 15) is 9.59 Å². The van der Waals surface area contributed by atoms with Crippen molar-refractivity contribution < 1.29 is 19.4 Å². The molecular weight excluding hydrogens is 222 g/mol. The number of amides is 1. The molecule has 0 aromatic carbocycles. The largest absolute Gasteiger partial charge is 0.480 e. The van der Waals surface area contributed by atoms with E-state index in [2.05, 4.69) is 5.32 Å². The smallest absolute Gasteiger partial charge is 0.326 e. The van der Waals surface area contributed by atoms with E-state index in [-0.39, 0.29) is 11.8 Å². The van der Waals surface area contributed by atoms with E-state index < -0.39 is 12.0 Å². The first-order chi connectivity index (χ1) is 8.13. The van der Waals surface area contributed by atoms with Crippen LogP contribution in [0.1, 0.15) is 25.7 Å². The molecular formula is C12H19NO4. The Kier molecular flexibility index (Phi) is 3.66. The number of rotatable bonds is 7. The molecule has 96 valence electrons. The third kappa shape index (κ3) is 3.19. The zero-order valence-corrected chi connectivity index (χ0v) is 10.0. The van der Waals surface area contributed by atoms with Crippen LogP contribution in [0.15, 0.2) is 0 Å². The van der Waals surface area contributed by atoms with Gasteiger partial charge in [-0.05, 0) is 31.1 Å². The number of ether oxygens (including phenoxy) is 1. The van der Waals surface area contributed by atoms with Gasteiger partial charge in [-0.2, -0.15) is 0 Å². The molecule has 0 radical (unpaired) electrons. The summed E-state index contributed by atoms with van der Waals surface area (Å²) in [5.41, 5.74) is 0. The third-order valence-electron chi connectivity index (χ3n) is 3.63. The van der Waals surface area contributed by atoms with Gasteiger partial charge in [0, 0.05) is 26.1 Å². The van der Waals surface area contributed by atoms with Gasteiger partial charge in [-0.3, -0.25) is 4.79 Å². The van der Waals surface area contributed by atoms with Crippen molar-refractivity contribution in [3.8, 4) is 0 Å². The van der Waals surface area contributed by atoms with Crippen molar-refractivity contribution >= 4 is 11.9 Å². The molecule has 0 aromatic rings. The predicted molar refractivity (Wildman–Crippen MR) is 60.4 cm³/mol. The van der Waals surface area contributed by atoms with E-state index in [1.165, 1.54) is 20.0 Å². The molecule has 0 heterocycles. The highest BCUT2D eigenvalue weighted by atomic mass is 16.5. The van der Waals surface area contributed by atoms with Crippen molar-refractivity contribution in [2.45, 2.75) is 31.7 Å². The van der Waals surface area contributed by atoms with Gasteiger partial charge in [-0.25, -0.2) is 4.79 Å². The van der Waals surface area contributed by atoms with Gasteiger partial charge < -0.3 is 15.2 Å². The van der Waals surface area contributed by atoms with Gasteiger partial charge in [0.1, 0.15) is 6.04 Å². The van der Waals surface area contributed by atoms with Crippen LogP contribution in [0, 0.1) is 17.8 Å². The molecule has 2 fully saturated rings. The maximum atomic E-state index is 11.8. The molecule has 17 heavy (non-hydrogen) atoms. The fraction of sp³-hybridized carbons (Fsp3) is 0.833. The molecule has 5 heteroatoms. The Morgan fingerprint density at radius 1 is 1.47 bits per heavy atom. The first-order valence-corrected chi connectivity index (χ1v) is 6.15. The fourth-order valence-corrected chi connectivity index (χ4v) is 2.33. The number of carbonyl (C=O) groups excluding carboxylic acids is 1. The lowest BCUT2D eigenvalue weighted by Gasteiger charge is -2.13. The molecule has 3 atom stereocenters. The number of methoxy groups -OCH3 is 1. The maximum Gasteiger partial charge on any atom is 0.326 e. The van der Waals surface area contributed by atoms with Crippen molar-refractivity contribution in [3.05, 3.63) is 0 Å². The number of hydrogen-bond acceptors (Lipinski definition) is 3. The average molecular weight is 241 g/mol. The monoisotopic (exact) mass is 241 g/mol. The van der Waals surface area contributed by atoms with Crippen LogP contribution in [0.5, 0.6) is 0 Å². The molecule has 2 N–H and O–H groups in total. The molecule has 0 spiro atoms. The Morgan fingerprint density at radius 2 is 2.18 bits per heavy atom. The summed E-state index contributed by atoms with van der Waals surface area (Å²) in [7, 11) is 1.52. The highest BCUT2D eigenvalue weighted by Gasteiger charge is 2.51. The van der Waals surface area contributed by atoms with Crippen molar-refractivity contribution in [1.82, 2.24) is 5.32 Å². The lowest BCUT2D eigenvalue weighted by Crippen LogP contribution is -2.42. The molecule has 0 bridgehead atoms. The Balaban J connectivity index is 1.76. The van der Waals surface area contributed by atoms with Gasteiger partial charge in [0.2, 0.25) is 5.91 Å². The third-order valence-corrected chi connectivity index (χ3v) is 3.63. The number of aliphatic carboxylic acids is 1. The SMILES string of the molecule is COCCC(NC(=O)C1CC1C1CC1)C(=O)O. The fourth-order valence-electron chi connectivity index (χ4n) is 2.33. The van der Waals surface area contributed by atoms with Crippen molar-refractivity contribution in [2.75, 3.05) is 13.7 Å². The molecule has 2 aliphatic carbocycles. The van der Waals surface area contributed by atoms with E-state index in [0.29, 0.717) is 18.9 Å². The second kappa shape index (κ2) is 5.04. The van der Waals surface area contributed by atoms with E-state index in [4.69, 9.17) is 9.84 Å². The van der Waals surface area contributed by atoms with Gasteiger partial charge in [0.15, 0.2) is 0 Å². The summed E-state index contributed by atoms with van der Waals surface area (Å²) >= 11 is 0. The van der Waals surface area contributed by atoms with Crippen LogP contribution < -0.4 is 5.32 Å². The summed E-state index contributed by atoms with van der Waals surface area (Å²) in [5, 5.41) is 11.6. The molecule has 0 aromatic heterocycles. The van der Waals surface area contributed by atoms with E-state index in [1.807, 2.05) is 0 Å². The van der Waals surface area contributed by atoms with Crippen LogP contribution >= 0.6 is 0 Å². The molecule has 0 aliphatic heterocycles. The first-order valence-electron chi connectivity index (χ1n) is 6.15. The van der Waals surface area contributed by atoms with Crippen LogP contribution in [0.4, 0.5) is 0 Å². The number of hydrogen-bond donors (Lipinski definition) is 2. The molecule has 3 unspecified atom stereocenters. The zero-order valence-electron chi connectivity index (χ0n) is 10.0. The van der Waals surface area contributed by atoms with Crippen molar-refractivity contribution in [3.63, 3.8) is 0 Å². The van der Waals surface area contributed by atoms with E-state index in [1.54, 1.807) is 0 Å². The van der Waals surface area contributed by atoms with Gasteiger partial charge in [-0.15, -0.1) is 0 Å². The summed E-state index contributed by atoms with van der Waals surface area (Å²) in [4.78, 5) is 22.8. The molecule has 2 rings (SSSR count). The lowest BCUT2D eigenvalue weighted by molar-refractivity contribution is -0.142. The van der Waals surface area contributed by atoms with Crippen LogP contribution in [-0.2, 0) is 14.3 Å². The molecule has 1 amide bonds. The minimum Gasteiger partial charge on any atom is -0.480 e. The normalized spacial score (nSPS) is 28.5. The topological polar surface area (TPSA) is 75.6 Å². The van der Waals surface area contributed by atoms with Crippen LogP contribution in [0.3, 0.4) is 0 Å². The van der Waals surface area contributed by atoms with Gasteiger partial charge >= 0.3 is 5.97 Å². The Labute approximate surface area is 101 Å². The van der Waals surface area contributed by atoms with Gasteiger partial charge in [0.05, 0.1) is 0 Å². The summed E-state index contributed by atoms with van der Waals surface area (Å²) in [6, 6.07) is -0.817. The predicted octanol–water partition coefficient (Wildman–Crippen LogP) is 0.638. The van der Waals surface area contributed by atoms with Crippen molar-refractivity contribution in [1.29, 1.82) is 0 Å². The van der Waals surface area contributed by atoms with Crippen molar-refractivity contribution in [2.24, 2.45) is 17.8 Å². The zero-order chi connectivity index (χ0) is 12.4. The summed E-state index contributed by atoms with van der Waals surface area (Å²) in [5.74, 6) is 0.233. The summed E-state index contributed by atoms with van der Waals surface area (Å²) in [6.07, 6.45) is 3.73. The van der Waals surface area contributed by atoms with Gasteiger partial charge in [-0.1, -0.05) is 0 Å². The number of nitrogens with one attached hydrogen (secondary N) is 1. The van der Waals surface area contributed by atoms with E-state index in [0.717, 1.165) is 12.3 Å². The molecule has 2 saturated carbocycles. The summed E-state index contributed by atoms with van der Waals surface area (Å²) < 4.78 is 4.83. The Hall–Kier alpha value is -1.10. The Bertz CT molecular complexity index is 314. The number of carboxylic acid groups (broad SMARTS) is 1. The molecule has 5 nitrogen and oxygen atoms in total. The molecule has 2 aliphatic rings. The number of carboxylic acids is 1. The van der Waals surface area contributed by atoms with Crippen LogP contribution in [-0.4, -0.2) is 36.7 Å². The second-order valence-electron chi connectivity index (χ2n) is 5.02. The number of carbonyl (C=O) groups is 2. The van der Waals surface area contributed by atoms with Gasteiger partial charge in [0.25, 0.3) is 0 Å². The van der Waals surface area contributed by atoms with E-state index >= 15 is 0 Å². The minimum atomic E-state index is -0.987. The minimum absolute atomic E-state index is 0.0619. The maximum absolute atomic E-state index is 11.8. The quantitative estimate of drug-likeness (QED) is 0.685. The summed E-state index contributed by atoms with van der Waals surface area (Å²) in [6.45, 7) is 0.341. The highest BCUT2D eigenvalue weighted by molar-refractivity contribution is 5.86. The molecule has 0 saturated heterocycles. The second-order valence-corrected chi connectivity index (χ2v) is 5.02. The average Bonchev–Trinajstić information content (AvgIpc) is 3.15. The first kappa shape index (κ1) is 12.4. The standard InChI is InChI=1S/C12H19NO4/c1-17-5-4-10(12(15)16)13-11(14)9-6-8(9)7-2-3-7/h7-10H,2-6H2,1H3,(H,13,14)(H,15,16).